The first-order valence-corrected chi connectivity index (χ1v) is 17.4. The molecule has 1 N–H and O–H groups in total. The van der Waals surface area contributed by atoms with Gasteiger partial charge in [0, 0.05) is 28.5 Å². The van der Waals surface area contributed by atoms with E-state index >= 15 is 4.39 Å². The van der Waals surface area contributed by atoms with E-state index in [2.05, 4.69) is 21.2 Å². The molecule has 1 unspecified atom stereocenters. The molecule has 1 atom stereocenters. The van der Waals surface area contributed by atoms with Gasteiger partial charge in [-0.05, 0) is 87.9 Å². The fourth-order valence-corrected chi connectivity index (χ4v) is 6.63. The van der Waals surface area contributed by atoms with Crippen LogP contribution in [-0.2, 0) is 32.6 Å². The van der Waals surface area contributed by atoms with Crippen molar-refractivity contribution >= 4 is 43.5 Å². The number of nitrogens with zero attached hydrogens (tertiary/aromatic N) is 2. The van der Waals surface area contributed by atoms with Gasteiger partial charge < -0.3 is 15.0 Å². The molecule has 0 fully saturated rings. The van der Waals surface area contributed by atoms with Gasteiger partial charge in [-0.15, -0.1) is 0 Å². The van der Waals surface area contributed by atoms with Crippen LogP contribution in [0.15, 0.2) is 112 Å². The zero-order valence-corrected chi connectivity index (χ0v) is 29.2. The Morgan fingerprint density at radius 2 is 1.51 bits per heavy atom. The van der Waals surface area contributed by atoms with Crippen LogP contribution in [0.1, 0.15) is 38.8 Å². The summed E-state index contributed by atoms with van der Waals surface area (Å²) in [5, 5.41) is 2.96. The molecule has 0 aromatic heterocycles. The van der Waals surface area contributed by atoms with Crippen LogP contribution in [-0.4, -0.2) is 49.9 Å². The lowest BCUT2D eigenvalue weighted by Crippen LogP contribution is -2.56. The summed E-state index contributed by atoms with van der Waals surface area (Å²) in [7, 11) is -4.29. The van der Waals surface area contributed by atoms with Gasteiger partial charge in [0.05, 0.1) is 17.2 Å². The fourth-order valence-electron chi connectivity index (χ4n) is 4.95. The Labute approximate surface area is 284 Å². The minimum Gasteiger partial charge on any atom is -0.494 e. The smallest absolute Gasteiger partial charge is 0.264 e. The van der Waals surface area contributed by atoms with Crippen LogP contribution < -0.4 is 14.4 Å². The van der Waals surface area contributed by atoms with Crippen LogP contribution in [0.5, 0.6) is 5.75 Å². The number of halogens is 2. The van der Waals surface area contributed by atoms with Gasteiger partial charge in [-0.25, -0.2) is 12.8 Å². The van der Waals surface area contributed by atoms with E-state index in [4.69, 9.17) is 4.74 Å². The molecule has 0 aliphatic heterocycles. The number of carbonyl (C=O) groups is 2. The topological polar surface area (TPSA) is 96.0 Å². The maximum Gasteiger partial charge on any atom is 0.264 e. The summed E-state index contributed by atoms with van der Waals surface area (Å²) in [6.45, 7) is 6.81. The molecule has 4 aromatic carbocycles. The second kappa shape index (κ2) is 15.6. The summed E-state index contributed by atoms with van der Waals surface area (Å²) < 4.78 is 50.7. The lowest BCUT2D eigenvalue weighted by Gasteiger charge is -2.35. The first-order valence-electron chi connectivity index (χ1n) is 15.2. The average Bonchev–Trinajstić information content (AvgIpc) is 3.02. The molecule has 0 saturated heterocycles. The maximum atomic E-state index is 15.1. The highest BCUT2D eigenvalue weighted by molar-refractivity contribution is 9.10. The number of benzene rings is 4. The lowest BCUT2D eigenvalue weighted by molar-refractivity contribution is -0.140. The maximum absolute atomic E-state index is 15.1. The standard InChI is InChI=1S/C36H39BrFN3O5S/c1-5-46-30-19-17-29(18-20-30)41(47(44,45)31-21-15-28(37)16-22-31)25-34(42)40(24-27-13-9-10-14-32(27)38)33(35(43)39-36(2,3)4)23-26-11-7-6-8-12-26/h6-22,33H,5,23-25H2,1-4H3,(H,39,43). The Morgan fingerprint density at radius 1 is 0.894 bits per heavy atom. The van der Waals surface area contributed by atoms with Crippen LogP contribution in [0.4, 0.5) is 10.1 Å². The largest absolute Gasteiger partial charge is 0.494 e. The Kier molecular flexibility index (Phi) is 11.8. The van der Waals surface area contributed by atoms with Crippen molar-refractivity contribution in [3.63, 3.8) is 0 Å². The van der Waals surface area contributed by atoms with Crippen molar-refractivity contribution in [3.05, 3.63) is 125 Å². The minimum atomic E-state index is -4.29. The molecule has 47 heavy (non-hydrogen) atoms. The number of ether oxygens (including phenoxy) is 1. The molecule has 0 aliphatic carbocycles. The Balaban J connectivity index is 1.82. The third-order valence-corrected chi connectivity index (χ3v) is 9.50. The van der Waals surface area contributed by atoms with Gasteiger partial charge in [0.25, 0.3) is 10.0 Å². The molecular formula is C36H39BrFN3O5S. The van der Waals surface area contributed by atoms with Gasteiger partial charge in [-0.2, -0.15) is 0 Å². The Bertz CT molecular complexity index is 1760. The first-order chi connectivity index (χ1) is 22.3. The summed E-state index contributed by atoms with van der Waals surface area (Å²) in [6, 6.07) is 26.5. The fraction of sp³-hybridized carbons (Fsp3) is 0.278. The number of anilines is 1. The zero-order valence-electron chi connectivity index (χ0n) is 26.8. The molecule has 0 bridgehead atoms. The first kappa shape index (κ1) is 35.6. The van der Waals surface area contributed by atoms with Crippen molar-refractivity contribution < 1.29 is 27.1 Å². The summed E-state index contributed by atoms with van der Waals surface area (Å²) >= 11 is 3.34. The molecule has 4 rings (SSSR count). The normalized spacial score (nSPS) is 12.2. The van der Waals surface area contributed by atoms with Gasteiger partial charge >= 0.3 is 0 Å². The van der Waals surface area contributed by atoms with Crippen molar-refractivity contribution in [2.24, 2.45) is 0 Å². The third kappa shape index (κ3) is 9.65. The number of rotatable bonds is 13. The molecule has 4 aromatic rings. The van der Waals surface area contributed by atoms with Crippen LogP contribution in [0.2, 0.25) is 0 Å². The van der Waals surface area contributed by atoms with Crippen LogP contribution in [0, 0.1) is 5.82 Å². The summed E-state index contributed by atoms with van der Waals surface area (Å²) in [5.74, 6) is -1.15. The quantitative estimate of drug-likeness (QED) is 0.165. The van der Waals surface area contributed by atoms with E-state index in [1.165, 1.54) is 29.2 Å². The van der Waals surface area contributed by atoms with Gasteiger partial charge in [0.15, 0.2) is 0 Å². The van der Waals surface area contributed by atoms with E-state index < -0.39 is 45.8 Å². The second-order valence-electron chi connectivity index (χ2n) is 12.0. The molecule has 0 radical (unpaired) electrons. The molecular weight excluding hydrogens is 685 g/mol. The molecule has 0 saturated carbocycles. The molecule has 0 spiro atoms. The zero-order chi connectivity index (χ0) is 34.2. The SMILES string of the molecule is CCOc1ccc(N(CC(=O)N(Cc2ccccc2F)C(Cc2ccccc2)C(=O)NC(C)(C)C)S(=O)(=O)c2ccc(Br)cc2)cc1. The Hall–Kier alpha value is -4.22. The summed E-state index contributed by atoms with van der Waals surface area (Å²) in [4.78, 5) is 29.7. The molecule has 0 heterocycles. The van der Waals surface area contributed by atoms with Crippen LogP contribution in [0.3, 0.4) is 0 Å². The number of nitrogens with one attached hydrogen (secondary N) is 1. The summed E-state index contributed by atoms with van der Waals surface area (Å²) in [5.41, 5.74) is 0.539. The lowest BCUT2D eigenvalue weighted by atomic mass is 10.0. The van der Waals surface area contributed by atoms with Crippen molar-refractivity contribution in [3.8, 4) is 5.75 Å². The van der Waals surface area contributed by atoms with E-state index in [0.717, 1.165) is 9.87 Å². The highest BCUT2D eigenvalue weighted by atomic mass is 79.9. The van der Waals surface area contributed by atoms with Crippen LogP contribution in [0.25, 0.3) is 0 Å². The minimum absolute atomic E-state index is 0.0330. The molecule has 8 nitrogen and oxygen atoms in total. The third-order valence-electron chi connectivity index (χ3n) is 7.18. The average molecular weight is 725 g/mol. The van der Waals surface area contributed by atoms with Crippen LogP contribution >= 0.6 is 15.9 Å². The highest BCUT2D eigenvalue weighted by Crippen LogP contribution is 2.28. The molecule has 248 valence electrons. The molecule has 0 aliphatic rings. The summed E-state index contributed by atoms with van der Waals surface area (Å²) in [6.07, 6.45) is 0.117. The van der Waals surface area contributed by atoms with Gasteiger partial charge in [0.2, 0.25) is 11.8 Å². The monoisotopic (exact) mass is 723 g/mol. The molecule has 11 heteroatoms. The van der Waals surface area contributed by atoms with Crippen molar-refractivity contribution in [1.82, 2.24) is 10.2 Å². The van der Waals surface area contributed by atoms with Crippen molar-refractivity contribution in [1.29, 1.82) is 0 Å². The van der Waals surface area contributed by atoms with E-state index in [1.54, 1.807) is 48.5 Å². The number of hydrogen-bond donors (Lipinski definition) is 1. The second-order valence-corrected chi connectivity index (χ2v) is 14.7. The van der Waals surface area contributed by atoms with Crippen molar-refractivity contribution in [2.75, 3.05) is 17.5 Å². The van der Waals surface area contributed by atoms with E-state index in [0.29, 0.717) is 16.8 Å². The number of amides is 2. The van der Waals surface area contributed by atoms with Gasteiger partial charge in [-0.3, -0.25) is 13.9 Å². The number of sulfonamides is 1. The van der Waals surface area contributed by atoms with Gasteiger partial charge in [0.1, 0.15) is 24.2 Å². The van der Waals surface area contributed by atoms with E-state index in [1.807, 2.05) is 58.0 Å². The molecule has 2 amide bonds. The Morgan fingerprint density at radius 3 is 2.11 bits per heavy atom. The predicted octanol–water partition coefficient (Wildman–Crippen LogP) is 6.74. The van der Waals surface area contributed by atoms with Gasteiger partial charge in [-0.1, -0.05) is 64.5 Å². The number of carbonyl (C=O) groups excluding carboxylic acids is 2. The van der Waals surface area contributed by atoms with E-state index in [-0.39, 0.29) is 29.1 Å². The highest BCUT2D eigenvalue weighted by Gasteiger charge is 2.36. The number of hydrogen-bond acceptors (Lipinski definition) is 5. The predicted molar refractivity (Wildman–Crippen MR) is 185 cm³/mol. The van der Waals surface area contributed by atoms with E-state index in [9.17, 15) is 18.0 Å². The van der Waals surface area contributed by atoms with Crippen molar-refractivity contribution in [2.45, 2.75) is 57.1 Å².